The third kappa shape index (κ3) is 6.68. The Bertz CT molecular complexity index is 481. The molecular weight excluding hydrogens is 312 g/mol. The first kappa shape index (κ1) is 20.1. The minimum atomic E-state index is -0.631. The molecule has 0 amide bonds. The summed E-state index contributed by atoms with van der Waals surface area (Å²) < 4.78 is 20.7. The first-order valence-corrected chi connectivity index (χ1v) is 8.16. The Morgan fingerprint density at radius 3 is 1.54 bits per heavy atom. The molecule has 6 heteroatoms. The summed E-state index contributed by atoms with van der Waals surface area (Å²) in [5.74, 6) is -1.26. The monoisotopic (exact) mass is 338 g/mol. The molecule has 0 aliphatic heterocycles. The van der Waals surface area contributed by atoms with Crippen molar-refractivity contribution < 1.29 is 28.5 Å². The molecule has 24 heavy (non-hydrogen) atoms. The van der Waals surface area contributed by atoms with Crippen LogP contribution in [0.2, 0.25) is 0 Å². The van der Waals surface area contributed by atoms with E-state index in [-0.39, 0.29) is 36.9 Å². The third-order valence-electron chi connectivity index (χ3n) is 3.60. The maximum atomic E-state index is 12.1. The molecule has 0 fully saturated rings. The van der Waals surface area contributed by atoms with Crippen molar-refractivity contribution in [3.8, 4) is 0 Å². The lowest BCUT2D eigenvalue weighted by Gasteiger charge is -2.13. The van der Waals surface area contributed by atoms with Crippen molar-refractivity contribution in [2.45, 2.75) is 52.7 Å². The number of ether oxygens (including phenoxy) is 4. The fourth-order valence-electron chi connectivity index (χ4n) is 1.64. The predicted molar refractivity (Wildman–Crippen MR) is 88.7 cm³/mol. The van der Waals surface area contributed by atoms with Gasteiger partial charge in [-0.2, -0.15) is 0 Å². The average molecular weight is 338 g/mol. The van der Waals surface area contributed by atoms with Gasteiger partial charge in [0.05, 0.1) is 23.3 Å². The average Bonchev–Trinajstić information content (AvgIpc) is 2.60. The first-order chi connectivity index (χ1) is 11.5. The van der Waals surface area contributed by atoms with E-state index in [2.05, 4.69) is 0 Å². The number of carbonyl (C=O) groups is 2. The molecule has 0 N–H and O–H groups in total. The van der Waals surface area contributed by atoms with Gasteiger partial charge in [0.15, 0.2) is 13.6 Å². The zero-order valence-electron chi connectivity index (χ0n) is 14.7. The van der Waals surface area contributed by atoms with Crippen LogP contribution in [0.5, 0.6) is 0 Å². The van der Waals surface area contributed by atoms with Crippen molar-refractivity contribution in [3.05, 3.63) is 35.4 Å². The zero-order valence-corrected chi connectivity index (χ0v) is 14.7. The largest absolute Gasteiger partial charge is 0.435 e. The van der Waals surface area contributed by atoms with Crippen LogP contribution in [0.25, 0.3) is 0 Å². The van der Waals surface area contributed by atoms with E-state index in [1.54, 1.807) is 12.1 Å². The fraction of sp³-hybridized carbons (Fsp3) is 0.556. The molecule has 0 saturated carbocycles. The number of rotatable bonds is 10. The summed E-state index contributed by atoms with van der Waals surface area (Å²) in [7, 11) is 0. The van der Waals surface area contributed by atoms with Gasteiger partial charge in [0.2, 0.25) is 0 Å². The molecule has 0 aliphatic rings. The Morgan fingerprint density at radius 1 is 0.833 bits per heavy atom. The summed E-state index contributed by atoms with van der Waals surface area (Å²) >= 11 is 0. The van der Waals surface area contributed by atoms with Crippen molar-refractivity contribution in [3.63, 3.8) is 0 Å². The summed E-state index contributed by atoms with van der Waals surface area (Å²) in [6.07, 6.45) is 1.62. The molecule has 0 radical (unpaired) electrons. The van der Waals surface area contributed by atoms with Gasteiger partial charge in [0, 0.05) is 0 Å². The van der Waals surface area contributed by atoms with Gasteiger partial charge in [0.1, 0.15) is 0 Å². The van der Waals surface area contributed by atoms with Crippen molar-refractivity contribution in [2.24, 2.45) is 0 Å². The number of hydrogen-bond donors (Lipinski definition) is 0. The highest BCUT2D eigenvalue weighted by molar-refractivity contribution is 6.03. The third-order valence-corrected chi connectivity index (χ3v) is 3.60. The van der Waals surface area contributed by atoms with Crippen molar-refractivity contribution in [1.82, 2.24) is 0 Å². The predicted octanol–water partition coefficient (Wildman–Crippen LogP) is 3.55. The molecular formula is C18H26O6. The summed E-state index contributed by atoms with van der Waals surface area (Å²) in [6.45, 7) is 7.40. The highest BCUT2D eigenvalue weighted by atomic mass is 16.7. The molecule has 6 nitrogen and oxygen atoms in total. The molecule has 0 aliphatic carbocycles. The van der Waals surface area contributed by atoms with Crippen LogP contribution >= 0.6 is 0 Å². The van der Waals surface area contributed by atoms with Crippen LogP contribution in [-0.2, 0) is 18.9 Å². The number of esters is 2. The molecule has 0 aromatic heterocycles. The quantitative estimate of drug-likeness (QED) is 0.480. The van der Waals surface area contributed by atoms with Gasteiger partial charge in [-0.3, -0.25) is 0 Å². The Hall–Kier alpha value is -1.92. The van der Waals surface area contributed by atoms with E-state index in [4.69, 9.17) is 18.9 Å². The topological polar surface area (TPSA) is 71.1 Å². The minimum absolute atomic E-state index is 0.00397. The Balaban J connectivity index is 2.63. The maximum Gasteiger partial charge on any atom is 0.341 e. The molecule has 2 atom stereocenters. The van der Waals surface area contributed by atoms with Crippen LogP contribution in [0, 0.1) is 0 Å². The van der Waals surface area contributed by atoms with Gasteiger partial charge in [0.25, 0.3) is 0 Å². The molecule has 1 aromatic carbocycles. The van der Waals surface area contributed by atoms with Crippen LogP contribution in [-0.4, -0.2) is 37.7 Å². The summed E-state index contributed by atoms with van der Waals surface area (Å²) in [4.78, 5) is 24.3. The van der Waals surface area contributed by atoms with Gasteiger partial charge >= 0.3 is 11.9 Å². The minimum Gasteiger partial charge on any atom is -0.435 e. The maximum absolute atomic E-state index is 12.1. The fourth-order valence-corrected chi connectivity index (χ4v) is 1.64. The smallest absolute Gasteiger partial charge is 0.341 e. The van der Waals surface area contributed by atoms with Crippen LogP contribution in [0.3, 0.4) is 0 Å². The normalized spacial score (nSPS) is 13.2. The van der Waals surface area contributed by atoms with Crippen LogP contribution < -0.4 is 0 Å². The molecule has 0 heterocycles. The van der Waals surface area contributed by atoms with Crippen molar-refractivity contribution in [2.75, 3.05) is 13.6 Å². The second-order valence-corrected chi connectivity index (χ2v) is 5.42. The second-order valence-electron chi connectivity index (χ2n) is 5.42. The zero-order chi connectivity index (χ0) is 17.9. The van der Waals surface area contributed by atoms with Crippen molar-refractivity contribution >= 4 is 11.9 Å². The Kier molecular flexibility index (Phi) is 9.04. The van der Waals surface area contributed by atoms with Crippen LogP contribution in [0.4, 0.5) is 0 Å². The highest BCUT2D eigenvalue weighted by Gasteiger charge is 2.19. The molecule has 2 unspecified atom stereocenters. The van der Waals surface area contributed by atoms with Gasteiger partial charge in [-0.05, 0) is 38.8 Å². The first-order valence-electron chi connectivity index (χ1n) is 8.16. The number of carbonyl (C=O) groups excluding carboxylic acids is 2. The van der Waals surface area contributed by atoms with Gasteiger partial charge in [-0.15, -0.1) is 0 Å². The lowest BCUT2D eigenvalue weighted by Crippen LogP contribution is -2.18. The molecule has 0 saturated heterocycles. The molecule has 1 aromatic rings. The summed E-state index contributed by atoms with van der Waals surface area (Å²) in [5, 5.41) is 0. The van der Waals surface area contributed by atoms with E-state index < -0.39 is 11.9 Å². The number of hydrogen-bond acceptors (Lipinski definition) is 6. The molecule has 134 valence electrons. The molecule has 0 spiro atoms. The summed E-state index contributed by atoms with van der Waals surface area (Å²) in [6, 6.07) is 6.33. The Morgan fingerprint density at radius 2 is 1.21 bits per heavy atom. The second kappa shape index (κ2) is 10.8. The van der Waals surface area contributed by atoms with Gasteiger partial charge < -0.3 is 18.9 Å². The van der Waals surface area contributed by atoms with Gasteiger partial charge in [-0.25, -0.2) is 9.59 Å². The van der Waals surface area contributed by atoms with E-state index in [9.17, 15) is 9.59 Å². The van der Waals surface area contributed by atoms with Crippen molar-refractivity contribution in [1.29, 1.82) is 0 Å². The van der Waals surface area contributed by atoms with E-state index in [1.165, 1.54) is 12.1 Å². The Labute approximate surface area is 143 Å². The standard InChI is InChI=1S/C18H26O6/c1-5-13(3)21-11-23-17(19)15-9-7-8-10-16(15)18(20)24-12-22-14(4)6-2/h7-10,13-14H,5-6,11-12H2,1-4H3. The highest BCUT2D eigenvalue weighted by Crippen LogP contribution is 2.12. The van der Waals surface area contributed by atoms with Crippen LogP contribution in [0.1, 0.15) is 61.3 Å². The number of benzene rings is 1. The van der Waals surface area contributed by atoms with E-state index in [1.807, 2.05) is 27.7 Å². The van der Waals surface area contributed by atoms with Gasteiger partial charge in [-0.1, -0.05) is 26.0 Å². The summed E-state index contributed by atoms with van der Waals surface area (Å²) in [5.41, 5.74) is 0.276. The van der Waals surface area contributed by atoms with E-state index in [0.717, 1.165) is 12.8 Å². The van der Waals surface area contributed by atoms with E-state index >= 15 is 0 Å². The lowest BCUT2D eigenvalue weighted by atomic mass is 10.1. The van der Waals surface area contributed by atoms with E-state index in [0.29, 0.717) is 0 Å². The SMILES string of the molecule is CCC(C)OCOC(=O)c1ccccc1C(=O)OCOC(C)CC. The molecule has 1 rings (SSSR count). The van der Waals surface area contributed by atoms with Crippen LogP contribution in [0.15, 0.2) is 24.3 Å². The molecule has 0 bridgehead atoms. The lowest BCUT2D eigenvalue weighted by molar-refractivity contribution is -0.0629.